The molecule has 0 amide bonds. The molecule has 0 aromatic heterocycles. The van der Waals surface area contributed by atoms with Crippen LogP contribution in [0.2, 0.25) is 0 Å². The molecule has 32 heavy (non-hydrogen) atoms. The number of halogens is 1. The Morgan fingerprint density at radius 2 is 2.22 bits per heavy atom. The van der Waals surface area contributed by atoms with E-state index in [0.717, 1.165) is 29.9 Å². The monoisotopic (exact) mass is 438 g/mol. The van der Waals surface area contributed by atoms with Crippen LogP contribution in [0.15, 0.2) is 63.2 Å². The van der Waals surface area contributed by atoms with Crippen molar-refractivity contribution in [1.82, 2.24) is 0 Å². The second kappa shape index (κ2) is 9.09. The molecule has 6 heteroatoms. The summed E-state index contributed by atoms with van der Waals surface area (Å²) in [6, 6.07) is 0. The first-order valence-electron chi connectivity index (χ1n) is 11.1. The van der Waals surface area contributed by atoms with Crippen molar-refractivity contribution in [2.75, 3.05) is 13.7 Å². The average Bonchev–Trinajstić information content (AvgIpc) is 3.53. The van der Waals surface area contributed by atoms with Crippen molar-refractivity contribution < 1.29 is 18.6 Å². The Morgan fingerprint density at radius 3 is 2.91 bits per heavy atom. The topological polar surface area (TPSA) is 66.1 Å². The largest absolute Gasteiger partial charge is 0.497 e. The zero-order valence-electron chi connectivity index (χ0n) is 18.9. The molecule has 170 valence electrons. The molecule has 2 N–H and O–H groups in total. The van der Waals surface area contributed by atoms with Crippen molar-refractivity contribution >= 4 is 6.21 Å². The second-order valence-corrected chi connectivity index (χ2v) is 9.08. The van der Waals surface area contributed by atoms with Gasteiger partial charge in [0, 0.05) is 36.7 Å². The number of nitrogens with two attached hydrogens (primary N) is 1. The molecular formula is C26H31FN2O3. The number of hydrogen-bond donors (Lipinski definition) is 1. The van der Waals surface area contributed by atoms with Crippen molar-refractivity contribution in [2.45, 2.75) is 63.4 Å². The molecule has 0 radical (unpaired) electrons. The summed E-state index contributed by atoms with van der Waals surface area (Å²) in [4.78, 5) is 4.57. The van der Waals surface area contributed by atoms with Gasteiger partial charge < -0.3 is 19.9 Å². The predicted octanol–water partition coefficient (Wildman–Crippen LogP) is 4.29. The van der Waals surface area contributed by atoms with E-state index in [4.69, 9.17) is 26.4 Å². The van der Waals surface area contributed by atoms with Gasteiger partial charge in [-0.25, -0.2) is 4.39 Å². The number of allylic oxidation sites excluding steroid dienone is 6. The van der Waals surface area contributed by atoms with Crippen LogP contribution in [-0.2, 0) is 14.2 Å². The second-order valence-electron chi connectivity index (χ2n) is 9.08. The molecule has 1 unspecified atom stereocenters. The van der Waals surface area contributed by atoms with Gasteiger partial charge in [-0.2, -0.15) is 0 Å². The number of alkyl halides is 1. The summed E-state index contributed by atoms with van der Waals surface area (Å²) in [5.41, 5.74) is 8.92. The molecule has 0 spiro atoms. The SMILES string of the molecule is C#C/C(C)=C\C1=C(C)C=CC(O[C@H]2CC=NC3=CC(OCC4(N)CC4)=C(OC)C[C@H]32)[C@@H]1F. The Balaban J connectivity index is 1.48. The zero-order chi connectivity index (χ0) is 22.9. The van der Waals surface area contributed by atoms with E-state index in [1.54, 1.807) is 26.2 Å². The van der Waals surface area contributed by atoms with Crippen LogP contribution in [0.1, 0.15) is 39.5 Å². The number of hydrogen-bond acceptors (Lipinski definition) is 5. The van der Waals surface area contributed by atoms with Gasteiger partial charge in [-0.15, -0.1) is 6.42 Å². The summed E-state index contributed by atoms with van der Waals surface area (Å²) in [5.74, 6) is 3.94. The summed E-state index contributed by atoms with van der Waals surface area (Å²) in [6.07, 6.45) is 15.6. The van der Waals surface area contributed by atoms with E-state index in [1.807, 2.05) is 25.3 Å². The van der Waals surface area contributed by atoms with Crippen molar-refractivity contribution in [1.29, 1.82) is 0 Å². The molecule has 1 fully saturated rings. The minimum Gasteiger partial charge on any atom is -0.497 e. The fourth-order valence-electron chi connectivity index (χ4n) is 4.20. The van der Waals surface area contributed by atoms with Gasteiger partial charge in [0.25, 0.3) is 0 Å². The summed E-state index contributed by atoms with van der Waals surface area (Å²) in [7, 11) is 1.64. The third-order valence-corrected chi connectivity index (χ3v) is 6.53. The highest BCUT2D eigenvalue weighted by molar-refractivity contribution is 5.62. The Bertz CT molecular complexity index is 991. The van der Waals surface area contributed by atoms with Gasteiger partial charge in [0.15, 0.2) is 11.9 Å². The predicted molar refractivity (Wildman–Crippen MR) is 123 cm³/mol. The smallest absolute Gasteiger partial charge is 0.158 e. The van der Waals surface area contributed by atoms with E-state index in [-0.39, 0.29) is 17.6 Å². The highest BCUT2D eigenvalue weighted by atomic mass is 19.1. The minimum atomic E-state index is -1.28. The van der Waals surface area contributed by atoms with Gasteiger partial charge in [-0.1, -0.05) is 18.1 Å². The van der Waals surface area contributed by atoms with E-state index in [9.17, 15) is 0 Å². The molecule has 1 aliphatic heterocycles. The van der Waals surface area contributed by atoms with E-state index in [0.29, 0.717) is 36.4 Å². The molecule has 0 aromatic rings. The minimum absolute atomic E-state index is 0.0332. The van der Waals surface area contributed by atoms with Gasteiger partial charge in [-0.05, 0) is 49.5 Å². The van der Waals surface area contributed by atoms with Gasteiger partial charge in [0.2, 0.25) is 0 Å². The Kier molecular flexibility index (Phi) is 6.41. The standard InChI is InChI=1S/C26H31FN2O3/c1-5-16(2)12-18-17(3)6-7-22(25(18)27)32-21-8-11-29-20-14-24(23(30-4)13-19(20)21)31-15-26(28)9-10-26/h1,6-7,11-12,14,19,21-22,25H,8-10,13,15,28H2,2-4H3/b16-12-/t19-,21+,22?,25-/m1/s1. The van der Waals surface area contributed by atoms with Gasteiger partial charge in [0.1, 0.15) is 18.5 Å². The average molecular weight is 439 g/mol. The van der Waals surface area contributed by atoms with E-state index in [1.165, 1.54) is 0 Å². The molecule has 1 saturated carbocycles. The number of aliphatic imine (C=N–C) groups is 1. The maximum absolute atomic E-state index is 15.4. The summed E-state index contributed by atoms with van der Waals surface area (Å²) in [6.45, 7) is 4.14. The van der Waals surface area contributed by atoms with Crippen LogP contribution >= 0.6 is 0 Å². The van der Waals surface area contributed by atoms with E-state index < -0.39 is 12.3 Å². The van der Waals surface area contributed by atoms with E-state index >= 15 is 4.39 Å². The molecule has 0 saturated heterocycles. The molecule has 4 rings (SSSR count). The lowest BCUT2D eigenvalue weighted by Gasteiger charge is -2.36. The van der Waals surface area contributed by atoms with Crippen LogP contribution < -0.4 is 5.73 Å². The molecular weight excluding hydrogens is 407 g/mol. The number of rotatable bonds is 7. The number of nitrogens with zero attached hydrogens (tertiary/aromatic N) is 1. The van der Waals surface area contributed by atoms with Crippen molar-refractivity contribution in [3.63, 3.8) is 0 Å². The molecule has 3 aliphatic carbocycles. The van der Waals surface area contributed by atoms with Crippen LogP contribution in [0.25, 0.3) is 0 Å². The molecule has 4 aliphatic rings. The van der Waals surface area contributed by atoms with Crippen LogP contribution in [-0.4, -0.2) is 43.8 Å². The van der Waals surface area contributed by atoms with Crippen LogP contribution in [0.4, 0.5) is 4.39 Å². The molecule has 5 nitrogen and oxygen atoms in total. The zero-order valence-corrected chi connectivity index (χ0v) is 18.9. The fourth-order valence-corrected chi connectivity index (χ4v) is 4.20. The van der Waals surface area contributed by atoms with Crippen molar-refractivity contribution in [2.24, 2.45) is 16.6 Å². The van der Waals surface area contributed by atoms with Crippen molar-refractivity contribution in [3.8, 4) is 12.3 Å². The first-order chi connectivity index (χ1) is 15.3. The third-order valence-electron chi connectivity index (χ3n) is 6.53. The number of methoxy groups -OCH3 is 1. The quantitative estimate of drug-likeness (QED) is 0.603. The maximum Gasteiger partial charge on any atom is 0.158 e. The Morgan fingerprint density at radius 1 is 1.44 bits per heavy atom. The maximum atomic E-state index is 15.4. The highest BCUT2D eigenvalue weighted by Gasteiger charge is 2.41. The van der Waals surface area contributed by atoms with Crippen LogP contribution in [0, 0.1) is 18.3 Å². The van der Waals surface area contributed by atoms with Crippen molar-refractivity contribution in [3.05, 3.63) is 58.2 Å². The number of fused-ring (bicyclic) bond motifs is 1. The third kappa shape index (κ3) is 4.74. The van der Waals surface area contributed by atoms with Gasteiger partial charge in [0.05, 0.1) is 18.8 Å². The van der Waals surface area contributed by atoms with Crippen LogP contribution in [0.3, 0.4) is 0 Å². The van der Waals surface area contributed by atoms with E-state index in [2.05, 4.69) is 10.9 Å². The number of terminal acetylenes is 1. The Hall–Kier alpha value is -2.62. The first-order valence-corrected chi connectivity index (χ1v) is 11.1. The molecule has 0 bridgehead atoms. The normalized spacial score (nSPS) is 31.1. The summed E-state index contributed by atoms with van der Waals surface area (Å²) in [5, 5.41) is 0. The number of ether oxygens (including phenoxy) is 3. The Labute approximate surface area is 189 Å². The van der Waals surface area contributed by atoms with Gasteiger partial charge >= 0.3 is 0 Å². The fraction of sp³-hybridized carbons (Fsp3) is 0.500. The lowest BCUT2D eigenvalue weighted by Crippen LogP contribution is -2.38. The summed E-state index contributed by atoms with van der Waals surface area (Å²) >= 11 is 0. The van der Waals surface area contributed by atoms with Gasteiger partial charge in [-0.3, -0.25) is 4.99 Å². The summed E-state index contributed by atoms with van der Waals surface area (Å²) < 4.78 is 33.3. The lowest BCUT2D eigenvalue weighted by atomic mass is 9.85. The molecule has 0 aromatic carbocycles. The molecule has 1 heterocycles. The molecule has 4 atom stereocenters. The van der Waals surface area contributed by atoms with Crippen LogP contribution in [0.5, 0.6) is 0 Å². The lowest BCUT2D eigenvalue weighted by molar-refractivity contribution is -0.0397. The first kappa shape index (κ1) is 22.6. The highest BCUT2D eigenvalue weighted by Crippen LogP contribution is 2.40.